The van der Waals surface area contributed by atoms with Crippen molar-refractivity contribution in [3.05, 3.63) is 0 Å². The van der Waals surface area contributed by atoms with Crippen LogP contribution in [0.1, 0.15) is 27.7 Å². The smallest absolute Gasteiger partial charge is 0.0139 e. The largest absolute Gasteiger partial charge is 0.327 e. The quantitative estimate of drug-likeness (QED) is 0.641. The number of nitrogens with two attached hydrogens (primary N) is 2. The maximum atomic E-state index is 5.76. The van der Waals surface area contributed by atoms with Crippen LogP contribution in [-0.2, 0) is 0 Å². The lowest BCUT2D eigenvalue weighted by Gasteiger charge is -2.27. The highest BCUT2D eigenvalue weighted by atomic mass is 15.1. The zero-order chi connectivity index (χ0) is 10.4. The molecule has 0 aliphatic rings. The van der Waals surface area contributed by atoms with Crippen LogP contribution in [0.5, 0.6) is 0 Å². The Bertz CT molecular complexity index is 97.6. The summed E-state index contributed by atoms with van der Waals surface area (Å²) in [5.74, 6) is 0.678. The lowest BCUT2D eigenvalue weighted by atomic mass is 10.2. The molecule has 0 rings (SSSR count). The lowest BCUT2D eigenvalue weighted by molar-refractivity contribution is 0.224. The van der Waals surface area contributed by atoms with Crippen molar-refractivity contribution < 1.29 is 0 Å². The zero-order valence-corrected chi connectivity index (χ0v) is 9.46. The van der Waals surface area contributed by atoms with E-state index in [2.05, 4.69) is 18.7 Å². The van der Waals surface area contributed by atoms with Crippen molar-refractivity contribution in [1.82, 2.24) is 4.90 Å². The standard InChI is InChI=1S/C10H25N3/c1-8(2)5-13(6-9(3)11)7-10(4)12/h8-10H,5-7,11-12H2,1-4H3. The third-order valence-corrected chi connectivity index (χ3v) is 1.72. The Hall–Kier alpha value is -0.120. The van der Waals surface area contributed by atoms with E-state index in [1.165, 1.54) is 0 Å². The Morgan fingerprint density at radius 2 is 1.23 bits per heavy atom. The van der Waals surface area contributed by atoms with Gasteiger partial charge in [0.05, 0.1) is 0 Å². The van der Waals surface area contributed by atoms with Crippen LogP contribution in [-0.4, -0.2) is 36.6 Å². The van der Waals surface area contributed by atoms with E-state index >= 15 is 0 Å². The van der Waals surface area contributed by atoms with E-state index in [1.54, 1.807) is 0 Å². The third-order valence-electron chi connectivity index (χ3n) is 1.72. The highest BCUT2D eigenvalue weighted by Crippen LogP contribution is 2.00. The molecule has 0 saturated heterocycles. The molecular weight excluding hydrogens is 162 g/mol. The summed E-state index contributed by atoms with van der Waals surface area (Å²) in [5.41, 5.74) is 11.5. The molecule has 0 aliphatic carbocycles. The van der Waals surface area contributed by atoms with Gasteiger partial charge in [0, 0.05) is 31.7 Å². The highest BCUT2D eigenvalue weighted by Gasteiger charge is 2.10. The van der Waals surface area contributed by atoms with Crippen molar-refractivity contribution in [3.8, 4) is 0 Å². The summed E-state index contributed by atoms with van der Waals surface area (Å²) in [6.07, 6.45) is 0. The van der Waals surface area contributed by atoms with Crippen molar-refractivity contribution in [2.75, 3.05) is 19.6 Å². The van der Waals surface area contributed by atoms with E-state index < -0.39 is 0 Å². The molecule has 3 nitrogen and oxygen atoms in total. The van der Waals surface area contributed by atoms with Gasteiger partial charge in [0.15, 0.2) is 0 Å². The predicted octanol–water partition coefficient (Wildman–Crippen LogP) is 0.639. The molecule has 80 valence electrons. The van der Waals surface area contributed by atoms with Crippen molar-refractivity contribution >= 4 is 0 Å². The fourth-order valence-electron chi connectivity index (χ4n) is 1.55. The summed E-state index contributed by atoms with van der Waals surface area (Å²) in [5, 5.41) is 0. The molecular formula is C10H25N3. The molecule has 0 spiro atoms. The van der Waals surface area contributed by atoms with Crippen LogP contribution in [0.4, 0.5) is 0 Å². The van der Waals surface area contributed by atoms with Gasteiger partial charge >= 0.3 is 0 Å². The van der Waals surface area contributed by atoms with Gasteiger partial charge in [-0.05, 0) is 19.8 Å². The average molecular weight is 187 g/mol. The molecule has 2 atom stereocenters. The lowest BCUT2D eigenvalue weighted by Crippen LogP contribution is -2.43. The Kier molecular flexibility index (Phi) is 6.29. The van der Waals surface area contributed by atoms with Gasteiger partial charge in [-0.25, -0.2) is 0 Å². The first-order valence-electron chi connectivity index (χ1n) is 5.15. The van der Waals surface area contributed by atoms with Gasteiger partial charge < -0.3 is 16.4 Å². The molecule has 0 saturated carbocycles. The van der Waals surface area contributed by atoms with Crippen LogP contribution >= 0.6 is 0 Å². The van der Waals surface area contributed by atoms with Crippen molar-refractivity contribution in [3.63, 3.8) is 0 Å². The zero-order valence-electron chi connectivity index (χ0n) is 9.46. The second kappa shape index (κ2) is 6.35. The summed E-state index contributed by atoms with van der Waals surface area (Å²) in [4.78, 5) is 2.35. The first kappa shape index (κ1) is 12.9. The van der Waals surface area contributed by atoms with Gasteiger partial charge in [0.25, 0.3) is 0 Å². The van der Waals surface area contributed by atoms with E-state index in [4.69, 9.17) is 11.5 Å². The van der Waals surface area contributed by atoms with E-state index in [-0.39, 0.29) is 12.1 Å². The molecule has 0 aliphatic heterocycles. The number of hydrogen-bond donors (Lipinski definition) is 2. The van der Waals surface area contributed by atoms with E-state index in [9.17, 15) is 0 Å². The summed E-state index contributed by atoms with van der Waals surface area (Å²) in [7, 11) is 0. The summed E-state index contributed by atoms with van der Waals surface area (Å²) in [6.45, 7) is 11.5. The molecule has 0 heterocycles. The SMILES string of the molecule is CC(C)CN(CC(C)N)CC(C)N. The summed E-state index contributed by atoms with van der Waals surface area (Å²) >= 11 is 0. The molecule has 2 unspecified atom stereocenters. The second-order valence-electron chi connectivity index (χ2n) is 4.57. The molecule has 0 amide bonds. The fourth-order valence-corrected chi connectivity index (χ4v) is 1.55. The maximum Gasteiger partial charge on any atom is 0.0139 e. The van der Waals surface area contributed by atoms with Crippen LogP contribution < -0.4 is 11.5 Å². The number of hydrogen-bond acceptors (Lipinski definition) is 3. The van der Waals surface area contributed by atoms with E-state index in [0.717, 1.165) is 19.6 Å². The molecule has 4 N–H and O–H groups in total. The number of rotatable bonds is 6. The highest BCUT2D eigenvalue weighted by molar-refractivity contribution is 4.69. The predicted molar refractivity (Wildman–Crippen MR) is 58.6 cm³/mol. The molecule has 0 fully saturated rings. The van der Waals surface area contributed by atoms with Gasteiger partial charge in [-0.3, -0.25) is 0 Å². The Labute approximate surface area is 82.5 Å². The maximum absolute atomic E-state index is 5.76. The third kappa shape index (κ3) is 8.22. The van der Waals surface area contributed by atoms with Gasteiger partial charge in [0.2, 0.25) is 0 Å². The topological polar surface area (TPSA) is 55.3 Å². The molecule has 3 heteroatoms. The normalized spacial score (nSPS) is 16.6. The van der Waals surface area contributed by atoms with Crippen LogP contribution in [0, 0.1) is 5.92 Å². The monoisotopic (exact) mass is 187 g/mol. The van der Waals surface area contributed by atoms with Crippen LogP contribution in [0.2, 0.25) is 0 Å². The summed E-state index contributed by atoms with van der Waals surface area (Å²) < 4.78 is 0. The second-order valence-corrected chi connectivity index (χ2v) is 4.57. The molecule has 0 radical (unpaired) electrons. The van der Waals surface area contributed by atoms with E-state index in [0.29, 0.717) is 5.92 Å². The Morgan fingerprint density at radius 3 is 1.46 bits per heavy atom. The minimum atomic E-state index is 0.234. The minimum Gasteiger partial charge on any atom is -0.327 e. The van der Waals surface area contributed by atoms with Gasteiger partial charge in [-0.2, -0.15) is 0 Å². The molecule has 0 bridgehead atoms. The minimum absolute atomic E-state index is 0.234. The first-order valence-corrected chi connectivity index (χ1v) is 5.15. The van der Waals surface area contributed by atoms with Crippen molar-refractivity contribution in [2.24, 2.45) is 17.4 Å². The van der Waals surface area contributed by atoms with E-state index in [1.807, 2.05) is 13.8 Å². The molecule has 0 aromatic carbocycles. The van der Waals surface area contributed by atoms with Gasteiger partial charge in [-0.15, -0.1) is 0 Å². The van der Waals surface area contributed by atoms with Crippen LogP contribution in [0.3, 0.4) is 0 Å². The Balaban J connectivity index is 3.87. The van der Waals surface area contributed by atoms with Crippen molar-refractivity contribution in [2.45, 2.75) is 39.8 Å². The molecule has 13 heavy (non-hydrogen) atoms. The van der Waals surface area contributed by atoms with Crippen LogP contribution in [0.15, 0.2) is 0 Å². The van der Waals surface area contributed by atoms with Gasteiger partial charge in [-0.1, -0.05) is 13.8 Å². The van der Waals surface area contributed by atoms with Crippen LogP contribution in [0.25, 0.3) is 0 Å². The number of nitrogens with zero attached hydrogens (tertiary/aromatic N) is 1. The first-order chi connectivity index (χ1) is 5.91. The average Bonchev–Trinajstić information content (AvgIpc) is 1.80. The van der Waals surface area contributed by atoms with Crippen molar-refractivity contribution in [1.29, 1.82) is 0 Å². The van der Waals surface area contributed by atoms with Gasteiger partial charge in [0.1, 0.15) is 0 Å². The molecule has 0 aromatic rings. The molecule has 0 aromatic heterocycles. The Morgan fingerprint density at radius 1 is 0.846 bits per heavy atom. The summed E-state index contributed by atoms with van der Waals surface area (Å²) in [6, 6.07) is 0.468. The fraction of sp³-hybridized carbons (Fsp3) is 1.00.